The van der Waals surface area contributed by atoms with Gasteiger partial charge in [0.05, 0.1) is 12.2 Å². The Morgan fingerprint density at radius 1 is 1.21 bits per heavy atom. The molecule has 6 heteroatoms. The van der Waals surface area contributed by atoms with Gasteiger partial charge in [-0.25, -0.2) is 0 Å². The van der Waals surface area contributed by atoms with Gasteiger partial charge in [0.25, 0.3) is 0 Å². The van der Waals surface area contributed by atoms with Crippen LogP contribution in [0.25, 0.3) is 0 Å². The van der Waals surface area contributed by atoms with Crippen LogP contribution in [-0.2, 0) is 22.7 Å². The number of hydrogen-bond donors (Lipinski definition) is 0. The Kier molecular flexibility index (Phi) is 5.46. The number of rotatable bonds is 5. The Morgan fingerprint density at radius 3 is 2.79 bits per heavy atom. The predicted octanol–water partition coefficient (Wildman–Crippen LogP) is 2.62. The summed E-state index contributed by atoms with van der Waals surface area (Å²) in [7, 11) is 0. The lowest BCUT2D eigenvalue weighted by atomic mass is 9.98. The van der Waals surface area contributed by atoms with E-state index < -0.39 is 0 Å². The molecule has 0 spiro atoms. The Labute approximate surface area is 166 Å². The molecule has 2 saturated heterocycles. The molecule has 1 aromatic carbocycles. The highest BCUT2D eigenvalue weighted by molar-refractivity contribution is 5.78. The second-order valence-electron chi connectivity index (χ2n) is 8.06. The normalized spacial score (nSPS) is 22.2. The SMILES string of the molecule is Cc1cnn(CCC(=O)N2C[C@H]3CCCC(=O)N(Cc4ccccc4)[C@H]3C2)c1. The molecule has 2 aliphatic heterocycles. The third-order valence-electron chi connectivity index (χ3n) is 5.96. The molecule has 0 aliphatic carbocycles. The summed E-state index contributed by atoms with van der Waals surface area (Å²) in [5, 5.41) is 4.26. The maximum atomic E-state index is 12.8. The molecule has 0 unspecified atom stereocenters. The number of fused-ring (bicyclic) bond motifs is 1. The summed E-state index contributed by atoms with van der Waals surface area (Å²) in [5.74, 6) is 0.761. The first-order valence-corrected chi connectivity index (χ1v) is 10.2. The van der Waals surface area contributed by atoms with Crippen LogP contribution >= 0.6 is 0 Å². The third-order valence-corrected chi connectivity index (χ3v) is 5.96. The van der Waals surface area contributed by atoms with E-state index in [-0.39, 0.29) is 17.9 Å². The molecule has 4 rings (SSSR count). The average molecular weight is 380 g/mol. The molecule has 2 aliphatic rings. The van der Waals surface area contributed by atoms with Crippen LogP contribution < -0.4 is 0 Å². The van der Waals surface area contributed by atoms with Crippen molar-refractivity contribution in [1.82, 2.24) is 19.6 Å². The van der Waals surface area contributed by atoms with Crippen molar-refractivity contribution in [2.24, 2.45) is 5.92 Å². The zero-order chi connectivity index (χ0) is 19.5. The minimum atomic E-state index is 0.131. The zero-order valence-corrected chi connectivity index (χ0v) is 16.5. The third kappa shape index (κ3) is 4.11. The van der Waals surface area contributed by atoms with E-state index in [0.717, 1.165) is 30.5 Å². The van der Waals surface area contributed by atoms with Gasteiger partial charge in [-0.2, -0.15) is 5.10 Å². The lowest BCUT2D eigenvalue weighted by molar-refractivity contribution is -0.135. The fourth-order valence-electron chi connectivity index (χ4n) is 4.48. The van der Waals surface area contributed by atoms with Gasteiger partial charge in [-0.05, 0) is 36.8 Å². The van der Waals surface area contributed by atoms with Gasteiger partial charge >= 0.3 is 0 Å². The van der Waals surface area contributed by atoms with Crippen LogP contribution in [-0.4, -0.2) is 50.5 Å². The van der Waals surface area contributed by atoms with E-state index in [2.05, 4.69) is 17.2 Å². The summed E-state index contributed by atoms with van der Waals surface area (Å²) >= 11 is 0. The molecule has 2 amide bonds. The molecule has 2 atom stereocenters. The van der Waals surface area contributed by atoms with Crippen LogP contribution in [0.3, 0.4) is 0 Å². The summed E-state index contributed by atoms with van der Waals surface area (Å²) in [6.07, 6.45) is 6.77. The van der Waals surface area contributed by atoms with Gasteiger partial charge < -0.3 is 9.80 Å². The smallest absolute Gasteiger partial charge is 0.224 e. The van der Waals surface area contributed by atoms with Crippen molar-refractivity contribution in [3.05, 3.63) is 53.9 Å². The zero-order valence-electron chi connectivity index (χ0n) is 16.5. The number of aromatic nitrogens is 2. The van der Waals surface area contributed by atoms with Crippen molar-refractivity contribution in [3.8, 4) is 0 Å². The van der Waals surface area contributed by atoms with E-state index >= 15 is 0 Å². The highest BCUT2D eigenvalue weighted by Crippen LogP contribution is 2.32. The van der Waals surface area contributed by atoms with Crippen molar-refractivity contribution in [3.63, 3.8) is 0 Å². The summed E-state index contributed by atoms with van der Waals surface area (Å²) in [6, 6.07) is 10.3. The van der Waals surface area contributed by atoms with E-state index in [4.69, 9.17) is 0 Å². The molecule has 28 heavy (non-hydrogen) atoms. The molecule has 6 nitrogen and oxygen atoms in total. The molecule has 0 N–H and O–H groups in total. The van der Waals surface area contributed by atoms with E-state index in [1.165, 1.54) is 0 Å². The van der Waals surface area contributed by atoms with Crippen LogP contribution in [0, 0.1) is 12.8 Å². The number of nitrogens with zero attached hydrogens (tertiary/aromatic N) is 4. The number of carbonyl (C=O) groups is 2. The van der Waals surface area contributed by atoms with Gasteiger partial charge in [0.1, 0.15) is 0 Å². The first-order chi connectivity index (χ1) is 13.6. The molecule has 2 fully saturated rings. The van der Waals surface area contributed by atoms with Gasteiger partial charge in [-0.3, -0.25) is 14.3 Å². The van der Waals surface area contributed by atoms with Crippen molar-refractivity contribution < 1.29 is 9.59 Å². The van der Waals surface area contributed by atoms with Crippen molar-refractivity contribution >= 4 is 11.8 Å². The fourth-order valence-corrected chi connectivity index (χ4v) is 4.48. The van der Waals surface area contributed by atoms with E-state index in [0.29, 0.717) is 38.4 Å². The Balaban J connectivity index is 1.42. The number of benzene rings is 1. The second kappa shape index (κ2) is 8.17. The van der Waals surface area contributed by atoms with Crippen LogP contribution in [0.5, 0.6) is 0 Å². The molecule has 2 aromatic rings. The van der Waals surface area contributed by atoms with E-state index in [9.17, 15) is 9.59 Å². The van der Waals surface area contributed by atoms with Crippen LogP contribution in [0.4, 0.5) is 0 Å². The fraction of sp³-hybridized carbons (Fsp3) is 0.500. The largest absolute Gasteiger partial charge is 0.340 e. The first-order valence-electron chi connectivity index (χ1n) is 10.2. The number of amides is 2. The van der Waals surface area contributed by atoms with Gasteiger partial charge in [0.2, 0.25) is 11.8 Å². The molecular weight excluding hydrogens is 352 g/mol. The Hall–Kier alpha value is -2.63. The summed E-state index contributed by atoms with van der Waals surface area (Å²) in [6.45, 7) is 4.65. The predicted molar refractivity (Wildman–Crippen MR) is 106 cm³/mol. The first kappa shape index (κ1) is 18.7. The van der Waals surface area contributed by atoms with Gasteiger partial charge in [-0.15, -0.1) is 0 Å². The molecule has 148 valence electrons. The summed E-state index contributed by atoms with van der Waals surface area (Å²) in [4.78, 5) is 29.5. The van der Waals surface area contributed by atoms with Gasteiger partial charge in [-0.1, -0.05) is 30.3 Å². The molecule has 0 radical (unpaired) electrons. The average Bonchev–Trinajstić information content (AvgIpc) is 3.28. The van der Waals surface area contributed by atoms with Gasteiger partial charge in [0.15, 0.2) is 0 Å². The van der Waals surface area contributed by atoms with Crippen molar-refractivity contribution in [1.29, 1.82) is 0 Å². The Bertz CT molecular complexity index is 832. The number of aryl methyl sites for hydroxylation is 2. The maximum absolute atomic E-state index is 12.8. The maximum Gasteiger partial charge on any atom is 0.224 e. The number of likely N-dealkylation sites (tertiary alicyclic amines) is 2. The van der Waals surface area contributed by atoms with E-state index in [1.54, 1.807) is 0 Å². The highest BCUT2D eigenvalue weighted by Gasteiger charge is 2.41. The quantitative estimate of drug-likeness (QED) is 0.801. The van der Waals surface area contributed by atoms with E-state index in [1.807, 2.05) is 52.0 Å². The summed E-state index contributed by atoms with van der Waals surface area (Å²) in [5.41, 5.74) is 2.25. The number of carbonyl (C=O) groups excluding carboxylic acids is 2. The van der Waals surface area contributed by atoms with Gasteiger partial charge in [0, 0.05) is 45.2 Å². The highest BCUT2D eigenvalue weighted by atomic mass is 16.2. The van der Waals surface area contributed by atoms with Crippen molar-refractivity contribution in [2.75, 3.05) is 13.1 Å². The monoisotopic (exact) mass is 380 g/mol. The topological polar surface area (TPSA) is 58.4 Å². The minimum absolute atomic E-state index is 0.131. The summed E-state index contributed by atoms with van der Waals surface area (Å²) < 4.78 is 1.83. The molecule has 0 saturated carbocycles. The van der Waals surface area contributed by atoms with Crippen LogP contribution in [0.15, 0.2) is 42.7 Å². The second-order valence-corrected chi connectivity index (χ2v) is 8.06. The lowest BCUT2D eigenvalue weighted by Crippen LogP contribution is -2.43. The van der Waals surface area contributed by atoms with Crippen LogP contribution in [0.2, 0.25) is 0 Å². The van der Waals surface area contributed by atoms with Crippen molar-refractivity contribution in [2.45, 2.75) is 51.7 Å². The number of hydrogen-bond acceptors (Lipinski definition) is 3. The molecule has 0 bridgehead atoms. The standard InChI is InChI=1S/C22H28N4O2/c1-17-12-23-25(13-17)11-10-21(27)24-15-19-8-5-9-22(28)26(20(19)16-24)14-18-6-3-2-4-7-18/h2-4,6-7,12-13,19-20H,5,8-11,14-16H2,1H3/t19-,20+/m1/s1. The Morgan fingerprint density at radius 2 is 2.04 bits per heavy atom. The molecule has 3 heterocycles. The lowest BCUT2D eigenvalue weighted by Gasteiger charge is -2.30. The molecular formula is C22H28N4O2. The van der Waals surface area contributed by atoms with Crippen LogP contribution in [0.1, 0.15) is 36.8 Å². The molecule has 1 aromatic heterocycles. The minimum Gasteiger partial charge on any atom is -0.340 e.